The van der Waals surface area contributed by atoms with Gasteiger partial charge in [0.25, 0.3) is 0 Å². The first kappa shape index (κ1) is 17.6. The zero-order valence-corrected chi connectivity index (χ0v) is 16.7. The summed E-state index contributed by atoms with van der Waals surface area (Å²) in [4.78, 5) is 14.7. The van der Waals surface area contributed by atoms with Crippen LogP contribution in [0.3, 0.4) is 0 Å². The quantitative estimate of drug-likeness (QED) is 0.654. The number of para-hydroxylation sites is 2. The second-order valence-corrected chi connectivity index (χ2v) is 8.29. The van der Waals surface area contributed by atoms with E-state index in [0.717, 1.165) is 45.1 Å². The molecule has 0 atom stereocenters. The van der Waals surface area contributed by atoms with Gasteiger partial charge in [-0.25, -0.2) is 4.98 Å². The van der Waals surface area contributed by atoms with Gasteiger partial charge in [0, 0.05) is 56.0 Å². The lowest BCUT2D eigenvalue weighted by atomic mass is 10.2. The summed E-state index contributed by atoms with van der Waals surface area (Å²) in [5.41, 5.74) is 2.61. The molecule has 4 nitrogen and oxygen atoms in total. The van der Waals surface area contributed by atoms with Crippen molar-refractivity contribution in [3.63, 3.8) is 0 Å². The van der Waals surface area contributed by atoms with Crippen molar-refractivity contribution in [2.24, 2.45) is 0 Å². The summed E-state index contributed by atoms with van der Waals surface area (Å²) in [6.07, 6.45) is 1.90. The third-order valence-electron chi connectivity index (χ3n) is 5.52. The molecule has 3 aromatic rings. The summed E-state index contributed by atoms with van der Waals surface area (Å²) in [7, 11) is 0. The average Bonchev–Trinajstić information content (AvgIpc) is 2.77. The minimum Gasteiger partial charge on any atom is -0.369 e. The maximum Gasteiger partial charge on any atom is 0.147 e. The van der Waals surface area contributed by atoms with E-state index < -0.39 is 0 Å². The van der Waals surface area contributed by atoms with Gasteiger partial charge in [0.2, 0.25) is 0 Å². The van der Waals surface area contributed by atoms with E-state index in [9.17, 15) is 0 Å². The highest BCUT2D eigenvalue weighted by molar-refractivity contribution is 7.99. The lowest BCUT2D eigenvalue weighted by Gasteiger charge is -2.38. The molecule has 0 spiro atoms. The molecule has 1 saturated heterocycles. The van der Waals surface area contributed by atoms with Crippen LogP contribution in [-0.4, -0.2) is 49.2 Å². The Balaban J connectivity index is 1.26. The Morgan fingerprint density at radius 1 is 0.750 bits per heavy atom. The van der Waals surface area contributed by atoms with E-state index in [-0.39, 0.29) is 0 Å². The Labute approximate surface area is 170 Å². The number of aromatic nitrogens is 1. The number of hydrogen-bond acceptors (Lipinski definition) is 5. The summed E-state index contributed by atoms with van der Waals surface area (Å²) in [5.74, 6) is 1.09. The second kappa shape index (κ2) is 7.86. The minimum absolute atomic E-state index is 0.965. The molecule has 28 heavy (non-hydrogen) atoms. The Bertz CT molecular complexity index is 893. The van der Waals surface area contributed by atoms with E-state index in [1.54, 1.807) is 0 Å². The van der Waals surface area contributed by atoms with Crippen LogP contribution in [0.25, 0.3) is 0 Å². The number of fused-ring (bicyclic) bond motifs is 2. The largest absolute Gasteiger partial charge is 0.369 e. The summed E-state index contributed by atoms with van der Waals surface area (Å²) in [6.45, 7) is 6.41. The van der Waals surface area contributed by atoms with Crippen molar-refractivity contribution in [3.8, 4) is 0 Å². The second-order valence-electron chi connectivity index (χ2n) is 7.21. The van der Waals surface area contributed by atoms with Crippen molar-refractivity contribution in [1.29, 1.82) is 0 Å². The van der Waals surface area contributed by atoms with Crippen LogP contribution in [-0.2, 0) is 0 Å². The molecule has 3 heterocycles. The molecular formula is C23H24N4S. The van der Waals surface area contributed by atoms with Gasteiger partial charge in [-0.05, 0) is 36.4 Å². The Morgan fingerprint density at radius 2 is 1.50 bits per heavy atom. The number of benzene rings is 2. The van der Waals surface area contributed by atoms with Crippen molar-refractivity contribution in [2.75, 3.05) is 49.1 Å². The highest BCUT2D eigenvalue weighted by Crippen LogP contribution is 2.46. The van der Waals surface area contributed by atoms with Gasteiger partial charge < -0.3 is 9.80 Å². The lowest BCUT2D eigenvalue weighted by molar-refractivity contribution is 0.264. The summed E-state index contributed by atoms with van der Waals surface area (Å²) in [6, 6.07) is 23.6. The van der Waals surface area contributed by atoms with E-state index in [0.29, 0.717) is 0 Å². The van der Waals surface area contributed by atoms with Crippen LogP contribution in [0.4, 0.5) is 17.2 Å². The van der Waals surface area contributed by atoms with Crippen molar-refractivity contribution in [1.82, 2.24) is 9.88 Å². The molecule has 1 aromatic heterocycles. The van der Waals surface area contributed by atoms with Crippen LogP contribution < -0.4 is 9.80 Å². The SMILES string of the molecule is c1ccc(N2CCN(CCN3c4ccccc4Sc4cccnc43)CC2)cc1. The zero-order chi connectivity index (χ0) is 18.8. The Morgan fingerprint density at radius 3 is 2.36 bits per heavy atom. The molecule has 2 aliphatic heterocycles. The van der Waals surface area contributed by atoms with Gasteiger partial charge in [-0.1, -0.05) is 42.1 Å². The summed E-state index contributed by atoms with van der Waals surface area (Å²) >= 11 is 1.82. The zero-order valence-electron chi connectivity index (χ0n) is 15.9. The van der Waals surface area contributed by atoms with Gasteiger partial charge in [-0.2, -0.15) is 0 Å². The molecule has 0 N–H and O–H groups in total. The van der Waals surface area contributed by atoms with Crippen molar-refractivity contribution >= 4 is 29.0 Å². The monoisotopic (exact) mass is 388 g/mol. The first-order valence-corrected chi connectivity index (χ1v) is 10.7. The highest BCUT2D eigenvalue weighted by atomic mass is 32.2. The van der Waals surface area contributed by atoms with Crippen molar-refractivity contribution in [3.05, 3.63) is 72.9 Å². The van der Waals surface area contributed by atoms with Crippen LogP contribution in [0, 0.1) is 0 Å². The van der Waals surface area contributed by atoms with Gasteiger partial charge in [-0.15, -0.1) is 0 Å². The molecule has 1 fully saturated rings. The molecule has 0 bridgehead atoms. The maximum atomic E-state index is 4.69. The van der Waals surface area contributed by atoms with Gasteiger partial charge in [-0.3, -0.25) is 4.90 Å². The molecule has 142 valence electrons. The normalized spacial score (nSPS) is 16.6. The van der Waals surface area contributed by atoms with E-state index in [4.69, 9.17) is 4.98 Å². The molecule has 2 aliphatic rings. The molecule has 0 radical (unpaired) electrons. The molecule has 0 amide bonds. The van der Waals surface area contributed by atoms with Crippen LogP contribution in [0.1, 0.15) is 0 Å². The van der Waals surface area contributed by atoms with Gasteiger partial charge >= 0.3 is 0 Å². The third kappa shape index (κ3) is 3.48. The number of piperazine rings is 1. The maximum absolute atomic E-state index is 4.69. The van der Waals surface area contributed by atoms with Crippen molar-refractivity contribution in [2.45, 2.75) is 9.79 Å². The number of hydrogen-bond donors (Lipinski definition) is 0. The van der Waals surface area contributed by atoms with Gasteiger partial charge in [0.05, 0.1) is 10.6 Å². The number of anilines is 3. The summed E-state index contributed by atoms with van der Waals surface area (Å²) in [5, 5.41) is 0. The first-order valence-electron chi connectivity index (χ1n) is 9.90. The van der Waals surface area contributed by atoms with Crippen LogP contribution in [0.2, 0.25) is 0 Å². The predicted octanol–water partition coefficient (Wildman–Crippen LogP) is 4.51. The predicted molar refractivity (Wildman–Crippen MR) is 117 cm³/mol. The molecule has 2 aromatic carbocycles. The van der Waals surface area contributed by atoms with Gasteiger partial charge in [0.1, 0.15) is 5.82 Å². The molecular weight excluding hydrogens is 364 g/mol. The number of rotatable bonds is 4. The van der Waals surface area contributed by atoms with Crippen LogP contribution in [0.5, 0.6) is 0 Å². The lowest BCUT2D eigenvalue weighted by Crippen LogP contribution is -2.48. The van der Waals surface area contributed by atoms with Crippen molar-refractivity contribution < 1.29 is 0 Å². The Hall–Kier alpha value is -2.50. The third-order valence-corrected chi connectivity index (χ3v) is 6.62. The topological polar surface area (TPSA) is 22.6 Å². The van der Waals surface area contributed by atoms with E-state index in [2.05, 4.69) is 75.4 Å². The molecule has 0 saturated carbocycles. The minimum atomic E-state index is 0.965. The number of nitrogens with zero attached hydrogens (tertiary/aromatic N) is 4. The molecule has 0 aliphatic carbocycles. The van der Waals surface area contributed by atoms with Crippen LogP contribution in [0.15, 0.2) is 82.7 Å². The van der Waals surface area contributed by atoms with E-state index in [1.807, 2.05) is 24.0 Å². The average molecular weight is 389 g/mol. The van der Waals surface area contributed by atoms with Gasteiger partial charge in [0.15, 0.2) is 0 Å². The van der Waals surface area contributed by atoms with E-state index >= 15 is 0 Å². The fourth-order valence-electron chi connectivity index (χ4n) is 4.00. The van der Waals surface area contributed by atoms with Crippen LogP contribution >= 0.6 is 11.8 Å². The standard InChI is InChI=1S/C23H24N4S/c1-2-7-19(8-3-1)26-16-13-25(14-17-26)15-18-27-20-9-4-5-10-21(20)28-22-11-6-12-24-23(22)27/h1-12H,13-18H2. The fraction of sp³-hybridized carbons (Fsp3) is 0.261. The fourth-order valence-corrected chi connectivity index (χ4v) is 5.07. The molecule has 5 heteroatoms. The van der Waals surface area contributed by atoms with E-state index in [1.165, 1.54) is 21.2 Å². The molecule has 0 unspecified atom stereocenters. The summed E-state index contributed by atoms with van der Waals surface area (Å²) < 4.78 is 0. The smallest absolute Gasteiger partial charge is 0.147 e. The highest BCUT2D eigenvalue weighted by Gasteiger charge is 2.25. The first-order chi connectivity index (χ1) is 13.9. The Kier molecular flexibility index (Phi) is 4.93. The molecule has 5 rings (SSSR count). The number of pyridine rings is 1.